The first-order valence-corrected chi connectivity index (χ1v) is 8.88. The van der Waals surface area contributed by atoms with Gasteiger partial charge < -0.3 is 19.4 Å². The lowest BCUT2D eigenvalue weighted by Gasteiger charge is -2.32. The van der Waals surface area contributed by atoms with Crippen molar-refractivity contribution in [1.29, 1.82) is 0 Å². The Morgan fingerprint density at radius 2 is 1.88 bits per heavy atom. The van der Waals surface area contributed by atoms with Crippen LogP contribution in [0.25, 0.3) is 11.2 Å². The topological polar surface area (TPSA) is 66.7 Å². The quantitative estimate of drug-likeness (QED) is 0.770. The second-order valence-corrected chi connectivity index (χ2v) is 6.53. The second kappa shape index (κ2) is 6.87. The van der Waals surface area contributed by atoms with E-state index in [1.165, 1.54) is 0 Å². The molecule has 8 heteroatoms. The van der Waals surface area contributed by atoms with Gasteiger partial charge in [0.2, 0.25) is 5.95 Å². The number of fused-ring (bicyclic) bond motifs is 1. The molecule has 2 aliphatic rings. The van der Waals surface area contributed by atoms with Crippen LogP contribution in [0.3, 0.4) is 0 Å². The maximum absolute atomic E-state index is 12.7. The molecule has 0 aliphatic carbocycles. The number of ether oxygens (including phenoxy) is 1. The Balaban J connectivity index is 1.47. The summed E-state index contributed by atoms with van der Waals surface area (Å²) in [5.41, 5.74) is 1.80. The number of pyridine rings is 1. The van der Waals surface area contributed by atoms with Gasteiger partial charge in [0.05, 0.1) is 13.2 Å². The minimum atomic E-state index is 0.136. The van der Waals surface area contributed by atoms with Crippen molar-refractivity contribution in [2.75, 3.05) is 57.4 Å². The van der Waals surface area contributed by atoms with Gasteiger partial charge in [-0.05, 0) is 18.6 Å². The van der Waals surface area contributed by atoms with Gasteiger partial charge in [-0.1, -0.05) is 0 Å². The lowest BCUT2D eigenvalue weighted by molar-refractivity contribution is 0.0438. The molecule has 0 spiro atoms. The first-order chi connectivity index (χ1) is 12.2. The molecular formula is C17H24N6O2. The van der Waals surface area contributed by atoms with Crippen molar-refractivity contribution in [3.8, 4) is 0 Å². The van der Waals surface area contributed by atoms with Crippen LogP contribution >= 0.6 is 0 Å². The number of hydrogen-bond acceptors (Lipinski definition) is 5. The molecule has 2 aromatic rings. The lowest BCUT2D eigenvalue weighted by atomic mass is 10.4. The summed E-state index contributed by atoms with van der Waals surface area (Å²) < 4.78 is 7.38. The monoisotopic (exact) mass is 344 g/mol. The van der Waals surface area contributed by atoms with E-state index in [4.69, 9.17) is 9.72 Å². The van der Waals surface area contributed by atoms with Crippen LogP contribution in [0.15, 0.2) is 18.3 Å². The molecule has 2 amide bonds. The van der Waals surface area contributed by atoms with E-state index in [0.29, 0.717) is 32.8 Å². The Bertz CT molecular complexity index is 755. The van der Waals surface area contributed by atoms with Gasteiger partial charge in [0.25, 0.3) is 0 Å². The van der Waals surface area contributed by atoms with Crippen molar-refractivity contribution < 1.29 is 9.53 Å². The number of nitrogens with zero attached hydrogens (tertiary/aromatic N) is 6. The summed E-state index contributed by atoms with van der Waals surface area (Å²) >= 11 is 0. The first kappa shape index (κ1) is 16.1. The van der Waals surface area contributed by atoms with Gasteiger partial charge in [-0.25, -0.2) is 14.8 Å². The number of morpholine rings is 1. The summed E-state index contributed by atoms with van der Waals surface area (Å²) in [6, 6.07) is 4.03. The molecule has 134 valence electrons. The molecule has 2 aromatic heterocycles. The van der Waals surface area contributed by atoms with Crippen LogP contribution in [0, 0.1) is 0 Å². The summed E-state index contributed by atoms with van der Waals surface area (Å²) in [6.45, 7) is 5.83. The zero-order valence-electron chi connectivity index (χ0n) is 14.6. The zero-order valence-corrected chi connectivity index (χ0v) is 14.6. The molecule has 25 heavy (non-hydrogen) atoms. The third-order valence-electron chi connectivity index (χ3n) is 4.94. The number of amides is 2. The van der Waals surface area contributed by atoms with E-state index in [1.807, 2.05) is 33.5 Å². The summed E-state index contributed by atoms with van der Waals surface area (Å²) in [5, 5.41) is 0. The third kappa shape index (κ3) is 3.13. The zero-order chi connectivity index (χ0) is 17.2. The molecule has 0 unspecified atom stereocenters. The second-order valence-electron chi connectivity index (χ2n) is 6.53. The van der Waals surface area contributed by atoms with E-state index in [9.17, 15) is 4.79 Å². The Kier molecular flexibility index (Phi) is 4.44. The fourth-order valence-electron chi connectivity index (χ4n) is 3.56. The highest BCUT2D eigenvalue weighted by Crippen LogP contribution is 2.21. The van der Waals surface area contributed by atoms with E-state index in [0.717, 1.165) is 43.2 Å². The summed E-state index contributed by atoms with van der Waals surface area (Å²) in [5.74, 6) is 0.925. The lowest BCUT2D eigenvalue weighted by Crippen LogP contribution is -2.49. The summed E-state index contributed by atoms with van der Waals surface area (Å²) in [6.07, 6.45) is 2.73. The average molecular weight is 344 g/mol. The molecule has 0 atom stereocenters. The van der Waals surface area contributed by atoms with Crippen LogP contribution in [0.2, 0.25) is 0 Å². The molecule has 8 nitrogen and oxygen atoms in total. The normalized spacial score (nSPS) is 19.3. The number of carbonyl (C=O) groups excluding carboxylic acids is 1. The predicted molar refractivity (Wildman–Crippen MR) is 94.7 cm³/mol. The number of urea groups is 1. The fourth-order valence-corrected chi connectivity index (χ4v) is 3.56. The highest BCUT2D eigenvalue weighted by molar-refractivity contribution is 5.75. The van der Waals surface area contributed by atoms with Crippen molar-refractivity contribution in [2.24, 2.45) is 7.05 Å². The standard InChI is InChI=1S/C17H24N6O2/c1-20-15-14(4-2-5-18-15)19-16(20)21-6-3-7-22(9-8-21)17(24)23-10-12-25-13-11-23/h2,4-5H,3,6-13H2,1H3. The number of hydrogen-bond donors (Lipinski definition) is 0. The van der Waals surface area contributed by atoms with Crippen molar-refractivity contribution in [1.82, 2.24) is 24.3 Å². The van der Waals surface area contributed by atoms with Crippen LogP contribution in [0.5, 0.6) is 0 Å². The fraction of sp³-hybridized carbons (Fsp3) is 0.588. The van der Waals surface area contributed by atoms with E-state index in [1.54, 1.807) is 6.20 Å². The number of aromatic nitrogens is 3. The number of imidazole rings is 1. The predicted octanol–water partition coefficient (Wildman–Crippen LogP) is 0.933. The smallest absolute Gasteiger partial charge is 0.320 e. The number of anilines is 1. The Morgan fingerprint density at radius 1 is 1.08 bits per heavy atom. The molecular weight excluding hydrogens is 320 g/mol. The van der Waals surface area contributed by atoms with Crippen LogP contribution in [-0.2, 0) is 11.8 Å². The van der Waals surface area contributed by atoms with Crippen molar-refractivity contribution in [3.05, 3.63) is 18.3 Å². The van der Waals surface area contributed by atoms with Crippen molar-refractivity contribution in [3.63, 3.8) is 0 Å². The van der Waals surface area contributed by atoms with Gasteiger partial charge in [-0.15, -0.1) is 0 Å². The molecule has 0 aromatic carbocycles. The van der Waals surface area contributed by atoms with Crippen LogP contribution in [0.4, 0.5) is 10.7 Å². The minimum Gasteiger partial charge on any atom is -0.378 e. The number of rotatable bonds is 1. The van der Waals surface area contributed by atoms with Gasteiger partial charge in [0.15, 0.2) is 5.65 Å². The van der Waals surface area contributed by atoms with E-state index in [2.05, 4.69) is 9.88 Å². The highest BCUT2D eigenvalue weighted by Gasteiger charge is 2.26. The molecule has 4 rings (SSSR count). The summed E-state index contributed by atoms with van der Waals surface area (Å²) in [7, 11) is 2.00. The Labute approximate surface area is 147 Å². The summed E-state index contributed by atoms with van der Waals surface area (Å²) in [4.78, 5) is 28.0. The van der Waals surface area contributed by atoms with Gasteiger partial charge >= 0.3 is 6.03 Å². The number of aryl methyl sites for hydroxylation is 1. The van der Waals surface area contributed by atoms with Gasteiger partial charge in [0, 0.05) is 52.5 Å². The molecule has 0 saturated carbocycles. The van der Waals surface area contributed by atoms with Gasteiger partial charge in [0.1, 0.15) is 5.52 Å². The average Bonchev–Trinajstić information content (AvgIpc) is 2.84. The SMILES string of the molecule is Cn1c(N2CCCN(C(=O)N3CCOCC3)CC2)nc2cccnc21. The van der Waals surface area contributed by atoms with Gasteiger partial charge in [-0.2, -0.15) is 0 Å². The molecule has 2 saturated heterocycles. The Morgan fingerprint density at radius 3 is 2.68 bits per heavy atom. The van der Waals surface area contributed by atoms with Crippen LogP contribution in [0.1, 0.15) is 6.42 Å². The Hall–Kier alpha value is -2.35. The van der Waals surface area contributed by atoms with Crippen LogP contribution < -0.4 is 4.90 Å². The maximum atomic E-state index is 12.7. The molecule has 0 radical (unpaired) electrons. The largest absolute Gasteiger partial charge is 0.378 e. The maximum Gasteiger partial charge on any atom is 0.320 e. The molecule has 2 aliphatic heterocycles. The third-order valence-corrected chi connectivity index (χ3v) is 4.94. The van der Waals surface area contributed by atoms with Gasteiger partial charge in [-0.3, -0.25) is 4.57 Å². The molecule has 0 N–H and O–H groups in total. The highest BCUT2D eigenvalue weighted by atomic mass is 16.5. The van der Waals surface area contributed by atoms with E-state index >= 15 is 0 Å². The number of carbonyl (C=O) groups is 1. The minimum absolute atomic E-state index is 0.136. The molecule has 2 fully saturated rings. The van der Waals surface area contributed by atoms with Crippen molar-refractivity contribution >= 4 is 23.1 Å². The molecule has 4 heterocycles. The molecule has 0 bridgehead atoms. The van der Waals surface area contributed by atoms with Crippen molar-refractivity contribution in [2.45, 2.75) is 6.42 Å². The van der Waals surface area contributed by atoms with E-state index < -0.39 is 0 Å². The van der Waals surface area contributed by atoms with Crippen LogP contribution in [-0.4, -0.2) is 82.8 Å². The first-order valence-electron chi connectivity index (χ1n) is 8.88. The van der Waals surface area contributed by atoms with E-state index in [-0.39, 0.29) is 6.03 Å².